The number of hydrogen-bond donors (Lipinski definition) is 2. The summed E-state index contributed by atoms with van der Waals surface area (Å²) in [6.07, 6.45) is 4.48. The summed E-state index contributed by atoms with van der Waals surface area (Å²) >= 11 is 0. The first-order valence-electron chi connectivity index (χ1n) is 11.8. The smallest absolute Gasteiger partial charge is 0.411 e. The van der Waals surface area contributed by atoms with E-state index in [2.05, 4.69) is 15.5 Å². The largest absolute Gasteiger partial charge is 0.440 e. The van der Waals surface area contributed by atoms with Crippen LogP contribution in [0.3, 0.4) is 0 Å². The van der Waals surface area contributed by atoms with Crippen LogP contribution in [0.25, 0.3) is 0 Å². The topological polar surface area (TPSA) is 90.6 Å². The van der Waals surface area contributed by atoms with E-state index in [-0.39, 0.29) is 24.0 Å². The van der Waals surface area contributed by atoms with Crippen LogP contribution in [0.4, 0.5) is 10.6 Å². The lowest BCUT2D eigenvalue weighted by atomic mass is 9.88. The number of carbonyl (C=O) groups excluding carboxylic acids is 2. The fourth-order valence-electron chi connectivity index (χ4n) is 4.89. The minimum absolute atomic E-state index is 0.0259. The van der Waals surface area contributed by atoms with Crippen LogP contribution < -0.4 is 5.32 Å². The van der Waals surface area contributed by atoms with Gasteiger partial charge in [0.1, 0.15) is 6.10 Å². The molecule has 1 fully saturated rings. The Morgan fingerprint density at radius 2 is 1.91 bits per heavy atom. The van der Waals surface area contributed by atoms with Gasteiger partial charge in [-0.05, 0) is 46.3 Å². The Kier molecular flexibility index (Phi) is 6.74. The van der Waals surface area contributed by atoms with Crippen LogP contribution in [0.15, 0.2) is 30.3 Å². The Balaban J connectivity index is 1.49. The van der Waals surface area contributed by atoms with Crippen molar-refractivity contribution < 1.29 is 14.3 Å². The summed E-state index contributed by atoms with van der Waals surface area (Å²) in [7, 11) is 3.92. The van der Waals surface area contributed by atoms with E-state index in [9.17, 15) is 9.59 Å². The third-order valence-corrected chi connectivity index (χ3v) is 6.85. The van der Waals surface area contributed by atoms with Crippen molar-refractivity contribution in [3.63, 3.8) is 0 Å². The maximum atomic E-state index is 13.3. The van der Waals surface area contributed by atoms with E-state index in [1.54, 1.807) is 4.90 Å². The number of aromatic nitrogens is 2. The molecule has 2 heterocycles. The first-order valence-corrected chi connectivity index (χ1v) is 11.8. The van der Waals surface area contributed by atoms with Crippen molar-refractivity contribution in [2.24, 2.45) is 5.92 Å². The maximum Gasteiger partial charge on any atom is 0.411 e. The number of carbonyl (C=O) groups is 2. The normalized spacial score (nSPS) is 18.8. The molecule has 0 spiro atoms. The van der Waals surface area contributed by atoms with Gasteiger partial charge < -0.3 is 15.0 Å². The molecule has 178 valence electrons. The number of H-pyrrole nitrogens is 1. The molecule has 8 heteroatoms. The molecule has 8 nitrogen and oxygen atoms in total. The van der Waals surface area contributed by atoms with Crippen molar-refractivity contribution in [1.82, 2.24) is 20.0 Å². The summed E-state index contributed by atoms with van der Waals surface area (Å²) in [6, 6.07) is 9.79. The van der Waals surface area contributed by atoms with Crippen molar-refractivity contribution >= 4 is 17.8 Å². The number of fused-ring (bicyclic) bond motifs is 1. The van der Waals surface area contributed by atoms with Gasteiger partial charge in [0.25, 0.3) is 0 Å². The van der Waals surface area contributed by atoms with Gasteiger partial charge in [-0.2, -0.15) is 5.10 Å². The maximum absolute atomic E-state index is 13.3. The van der Waals surface area contributed by atoms with Crippen LogP contribution in [0.1, 0.15) is 68.9 Å². The van der Waals surface area contributed by atoms with Crippen LogP contribution in [-0.2, 0) is 21.6 Å². The second-order valence-corrected chi connectivity index (χ2v) is 9.94. The minimum atomic E-state index is -0.632. The summed E-state index contributed by atoms with van der Waals surface area (Å²) in [5, 5.41) is 10.4. The number of nitrogens with one attached hydrogen (secondary N) is 2. The molecule has 2 aromatic rings. The van der Waals surface area contributed by atoms with E-state index in [4.69, 9.17) is 4.74 Å². The van der Waals surface area contributed by atoms with Gasteiger partial charge in [0.2, 0.25) is 5.91 Å². The van der Waals surface area contributed by atoms with Crippen LogP contribution in [0, 0.1) is 5.92 Å². The minimum Gasteiger partial charge on any atom is -0.440 e. The molecular weight excluding hydrogens is 418 g/mol. The number of aromatic amines is 1. The first-order chi connectivity index (χ1) is 15.8. The molecule has 2 amide bonds. The van der Waals surface area contributed by atoms with Gasteiger partial charge in [0.05, 0.1) is 17.8 Å². The number of likely N-dealkylation sites (N-methyl/N-ethyl adjacent to an activating group) is 1. The molecule has 1 aliphatic heterocycles. The fraction of sp³-hybridized carbons (Fsp3) is 0.560. The Morgan fingerprint density at radius 1 is 1.21 bits per heavy atom. The predicted molar refractivity (Wildman–Crippen MR) is 127 cm³/mol. The quantitative estimate of drug-likeness (QED) is 0.676. The molecule has 1 aliphatic carbocycles. The monoisotopic (exact) mass is 453 g/mol. The standard InChI is InChI=1S/C25H35N5O3/c1-25(2)21-19(22(28-27-21)26-23(31)18-13-9-6-10-14-18)15-30(25)24(32)33-20(16-29(3)4)17-11-7-5-8-12-17/h5,7-8,11-12,18,20H,6,9-10,13-16H2,1-4H3,(H2,26,27,28,31)/t20-/m1/s1. The van der Waals surface area contributed by atoms with E-state index in [0.29, 0.717) is 18.9 Å². The van der Waals surface area contributed by atoms with Gasteiger partial charge in [-0.15, -0.1) is 0 Å². The van der Waals surface area contributed by atoms with E-state index in [1.807, 2.05) is 63.2 Å². The van der Waals surface area contributed by atoms with Crippen molar-refractivity contribution in [1.29, 1.82) is 0 Å². The van der Waals surface area contributed by atoms with E-state index < -0.39 is 5.54 Å². The lowest BCUT2D eigenvalue weighted by molar-refractivity contribution is -0.120. The first kappa shape index (κ1) is 23.3. The van der Waals surface area contributed by atoms with Crippen molar-refractivity contribution in [3.8, 4) is 0 Å². The molecule has 1 aromatic heterocycles. The number of hydrogen-bond acceptors (Lipinski definition) is 5. The molecule has 2 N–H and O–H groups in total. The molecular formula is C25H35N5O3. The zero-order valence-electron chi connectivity index (χ0n) is 20.1. The number of amides is 2. The highest BCUT2D eigenvalue weighted by molar-refractivity contribution is 5.92. The summed E-state index contributed by atoms with van der Waals surface area (Å²) in [5.41, 5.74) is 2.01. The lowest BCUT2D eigenvalue weighted by Crippen LogP contribution is -2.42. The molecule has 1 aromatic carbocycles. The number of benzene rings is 1. The summed E-state index contributed by atoms with van der Waals surface area (Å²) in [5.74, 6) is 0.592. The molecule has 0 saturated heterocycles. The molecule has 0 radical (unpaired) electrons. The van der Waals surface area contributed by atoms with Gasteiger partial charge in [0.15, 0.2) is 5.82 Å². The number of anilines is 1. The third-order valence-electron chi connectivity index (χ3n) is 6.85. The van der Waals surface area contributed by atoms with Crippen molar-refractivity contribution in [3.05, 3.63) is 47.2 Å². The van der Waals surface area contributed by atoms with Gasteiger partial charge in [-0.3, -0.25) is 14.8 Å². The van der Waals surface area contributed by atoms with Crippen LogP contribution in [0.5, 0.6) is 0 Å². The third kappa shape index (κ3) is 4.90. The number of rotatable bonds is 6. The predicted octanol–water partition coefficient (Wildman–Crippen LogP) is 4.42. The highest BCUT2D eigenvalue weighted by atomic mass is 16.6. The van der Waals surface area contributed by atoms with Crippen LogP contribution >= 0.6 is 0 Å². The van der Waals surface area contributed by atoms with Gasteiger partial charge in [-0.1, -0.05) is 49.6 Å². The highest BCUT2D eigenvalue weighted by Crippen LogP contribution is 2.41. The number of nitrogens with zero attached hydrogens (tertiary/aromatic N) is 3. The Labute approximate surface area is 195 Å². The SMILES string of the molecule is CN(C)C[C@@H](OC(=O)N1Cc2c(NC(=O)C3CCCCC3)n[nH]c2C1(C)C)c1ccccc1. The molecule has 33 heavy (non-hydrogen) atoms. The summed E-state index contributed by atoms with van der Waals surface area (Å²) in [4.78, 5) is 29.8. The van der Waals surface area contributed by atoms with Crippen LogP contribution in [0.2, 0.25) is 0 Å². The average molecular weight is 454 g/mol. The van der Waals surface area contributed by atoms with E-state index >= 15 is 0 Å². The van der Waals surface area contributed by atoms with Crippen molar-refractivity contribution in [2.75, 3.05) is 26.0 Å². The second-order valence-electron chi connectivity index (χ2n) is 9.94. The molecule has 0 bridgehead atoms. The van der Waals surface area contributed by atoms with Crippen molar-refractivity contribution in [2.45, 2.75) is 64.1 Å². The van der Waals surface area contributed by atoms with Gasteiger partial charge >= 0.3 is 6.09 Å². The van der Waals surface area contributed by atoms with E-state index in [0.717, 1.165) is 42.5 Å². The second kappa shape index (κ2) is 9.55. The van der Waals surface area contributed by atoms with Gasteiger partial charge in [-0.25, -0.2) is 4.79 Å². The zero-order valence-corrected chi connectivity index (χ0v) is 20.1. The Morgan fingerprint density at radius 3 is 2.58 bits per heavy atom. The highest BCUT2D eigenvalue weighted by Gasteiger charge is 2.45. The molecule has 1 atom stereocenters. The molecule has 1 saturated carbocycles. The summed E-state index contributed by atoms with van der Waals surface area (Å²) in [6.45, 7) is 4.85. The van der Waals surface area contributed by atoms with Gasteiger partial charge in [0, 0.05) is 18.0 Å². The Bertz CT molecular complexity index is 979. The molecule has 4 rings (SSSR count). The molecule has 0 unspecified atom stereocenters. The fourth-order valence-corrected chi connectivity index (χ4v) is 4.89. The van der Waals surface area contributed by atoms with Crippen LogP contribution in [-0.4, -0.2) is 52.6 Å². The number of ether oxygens (including phenoxy) is 1. The summed E-state index contributed by atoms with van der Waals surface area (Å²) < 4.78 is 6.01. The Hall–Kier alpha value is -2.87. The van der Waals surface area contributed by atoms with E-state index in [1.165, 1.54) is 6.42 Å². The molecule has 2 aliphatic rings. The zero-order chi connectivity index (χ0) is 23.6. The lowest BCUT2D eigenvalue weighted by Gasteiger charge is -2.33. The average Bonchev–Trinajstić information content (AvgIpc) is 3.32.